The van der Waals surface area contributed by atoms with Crippen LogP contribution in [0.4, 0.5) is 0 Å². The number of rotatable bonds is 1. The summed E-state index contributed by atoms with van der Waals surface area (Å²) in [6.07, 6.45) is 0. The fourth-order valence-electron chi connectivity index (χ4n) is 6.48. The van der Waals surface area contributed by atoms with Crippen molar-refractivity contribution in [3.63, 3.8) is 0 Å². The Morgan fingerprint density at radius 2 is 1.33 bits per heavy atom. The molecule has 0 saturated carbocycles. The molecule has 0 aliphatic carbocycles. The van der Waals surface area contributed by atoms with Crippen molar-refractivity contribution in [3.05, 3.63) is 114 Å². The second kappa shape index (κ2) is 7.12. The van der Waals surface area contributed by atoms with Crippen LogP contribution >= 0.6 is 0 Å². The highest BCUT2D eigenvalue weighted by Crippen LogP contribution is 2.41. The van der Waals surface area contributed by atoms with Crippen LogP contribution in [0.5, 0.6) is 0 Å². The summed E-state index contributed by atoms with van der Waals surface area (Å²) in [6, 6.07) is 38.9. The van der Waals surface area contributed by atoms with Crippen molar-refractivity contribution < 1.29 is 0 Å². The van der Waals surface area contributed by atoms with Gasteiger partial charge in [0.2, 0.25) is 5.78 Å². The number of hydrogen-bond acceptors (Lipinski definition) is 2. The molecular formula is C35H20N4. The zero-order chi connectivity index (χ0) is 25.8. The highest BCUT2D eigenvalue weighted by atomic mass is 15.2. The van der Waals surface area contributed by atoms with E-state index in [0.717, 1.165) is 44.5 Å². The number of aryl methyl sites for hydroxylation is 1. The van der Waals surface area contributed by atoms with Gasteiger partial charge in [0.05, 0.1) is 39.2 Å². The van der Waals surface area contributed by atoms with E-state index in [1.54, 1.807) is 0 Å². The van der Waals surface area contributed by atoms with Gasteiger partial charge >= 0.3 is 0 Å². The molecule has 0 spiro atoms. The number of fused-ring (bicyclic) bond motifs is 10. The fourth-order valence-corrected chi connectivity index (χ4v) is 6.48. The topological polar surface area (TPSA) is 45.5 Å². The maximum Gasteiger partial charge on any atom is 0.220 e. The number of nitriles is 1. The molecule has 9 aromatic rings. The Kier molecular flexibility index (Phi) is 3.77. The van der Waals surface area contributed by atoms with Crippen LogP contribution in [0.3, 0.4) is 0 Å². The average Bonchev–Trinajstić information content (AvgIpc) is 3.59. The molecule has 0 radical (unpaired) electrons. The van der Waals surface area contributed by atoms with Gasteiger partial charge in [0.1, 0.15) is 0 Å². The predicted molar refractivity (Wildman–Crippen MR) is 160 cm³/mol. The Balaban J connectivity index is 1.53. The summed E-state index contributed by atoms with van der Waals surface area (Å²) in [6.45, 7) is 2.11. The van der Waals surface area contributed by atoms with Crippen LogP contribution in [0, 0.1) is 18.3 Å². The van der Waals surface area contributed by atoms with Crippen molar-refractivity contribution >= 4 is 65.7 Å². The molecule has 6 aromatic carbocycles. The van der Waals surface area contributed by atoms with E-state index >= 15 is 0 Å². The molecule has 4 nitrogen and oxygen atoms in total. The maximum atomic E-state index is 9.63. The van der Waals surface area contributed by atoms with E-state index in [1.165, 1.54) is 37.8 Å². The van der Waals surface area contributed by atoms with E-state index < -0.39 is 0 Å². The van der Waals surface area contributed by atoms with Crippen molar-refractivity contribution in [2.75, 3.05) is 0 Å². The van der Waals surface area contributed by atoms with Gasteiger partial charge in [-0.25, -0.2) is 4.98 Å². The first-order valence-electron chi connectivity index (χ1n) is 13.1. The fraction of sp³-hybridized carbons (Fsp3) is 0.0286. The molecule has 39 heavy (non-hydrogen) atoms. The van der Waals surface area contributed by atoms with Crippen molar-refractivity contribution in [2.24, 2.45) is 0 Å². The lowest BCUT2D eigenvalue weighted by molar-refractivity contribution is 1.22. The van der Waals surface area contributed by atoms with E-state index in [9.17, 15) is 5.26 Å². The van der Waals surface area contributed by atoms with Gasteiger partial charge in [0, 0.05) is 10.8 Å². The third kappa shape index (κ3) is 2.64. The number of benzene rings is 6. The minimum absolute atomic E-state index is 0.667. The van der Waals surface area contributed by atoms with E-state index in [-0.39, 0.29) is 0 Å². The van der Waals surface area contributed by atoms with Crippen molar-refractivity contribution in [2.45, 2.75) is 6.92 Å². The van der Waals surface area contributed by atoms with Gasteiger partial charge < -0.3 is 0 Å². The van der Waals surface area contributed by atoms with Gasteiger partial charge in [-0.15, -0.1) is 0 Å². The summed E-state index contributed by atoms with van der Waals surface area (Å²) < 4.78 is 4.64. The van der Waals surface area contributed by atoms with E-state index in [2.05, 4.69) is 107 Å². The first-order valence-corrected chi connectivity index (χ1v) is 13.1. The molecule has 9 rings (SSSR count). The third-order valence-corrected chi connectivity index (χ3v) is 8.33. The number of hydrogen-bond donors (Lipinski definition) is 0. The number of imidazole rings is 2. The third-order valence-electron chi connectivity index (χ3n) is 8.33. The molecule has 3 heterocycles. The second-order valence-electron chi connectivity index (χ2n) is 10.5. The molecule has 3 aromatic heterocycles. The molecule has 0 fully saturated rings. The van der Waals surface area contributed by atoms with Crippen LogP contribution in [0.25, 0.3) is 76.8 Å². The lowest BCUT2D eigenvalue weighted by Gasteiger charge is -2.08. The first kappa shape index (κ1) is 20.6. The van der Waals surface area contributed by atoms with Crippen LogP contribution < -0.4 is 0 Å². The zero-order valence-electron chi connectivity index (χ0n) is 21.1. The Morgan fingerprint density at radius 3 is 2.08 bits per heavy atom. The lowest BCUT2D eigenvalue weighted by Crippen LogP contribution is -1.88. The van der Waals surface area contributed by atoms with Gasteiger partial charge in [-0.2, -0.15) is 5.26 Å². The van der Waals surface area contributed by atoms with Gasteiger partial charge in [-0.1, -0.05) is 54.6 Å². The molecule has 0 atom stereocenters. The normalized spacial score (nSPS) is 12.2. The molecule has 0 N–H and O–H groups in total. The zero-order valence-corrected chi connectivity index (χ0v) is 21.1. The Bertz CT molecular complexity index is 2520. The molecule has 0 saturated heterocycles. The van der Waals surface area contributed by atoms with Gasteiger partial charge in [-0.3, -0.25) is 8.80 Å². The maximum absolute atomic E-state index is 9.63. The van der Waals surface area contributed by atoms with E-state index in [1.807, 2.05) is 18.2 Å². The van der Waals surface area contributed by atoms with Crippen molar-refractivity contribution in [3.8, 4) is 17.2 Å². The highest BCUT2D eigenvalue weighted by molar-refractivity contribution is 6.20. The molecule has 0 aliphatic heterocycles. The quantitative estimate of drug-likeness (QED) is 0.228. The first-order chi connectivity index (χ1) is 19.2. The Labute approximate surface area is 222 Å². The van der Waals surface area contributed by atoms with Crippen LogP contribution in [0.1, 0.15) is 11.1 Å². The molecule has 0 unspecified atom stereocenters. The largest absolute Gasteiger partial charge is 0.277 e. The van der Waals surface area contributed by atoms with Gasteiger partial charge in [-0.05, 0) is 93.7 Å². The minimum atomic E-state index is 0.667. The molecular weight excluding hydrogens is 476 g/mol. The molecule has 0 amide bonds. The van der Waals surface area contributed by atoms with Crippen LogP contribution in [-0.4, -0.2) is 13.8 Å². The molecule has 180 valence electrons. The highest BCUT2D eigenvalue weighted by Gasteiger charge is 2.23. The van der Waals surface area contributed by atoms with Crippen molar-refractivity contribution in [1.82, 2.24) is 13.8 Å². The molecule has 4 heteroatoms. The Hall–Kier alpha value is -5.40. The van der Waals surface area contributed by atoms with Crippen molar-refractivity contribution in [1.29, 1.82) is 5.26 Å². The van der Waals surface area contributed by atoms with Gasteiger partial charge in [0.15, 0.2) is 0 Å². The summed E-state index contributed by atoms with van der Waals surface area (Å²) in [7, 11) is 0. The molecule has 0 bridgehead atoms. The van der Waals surface area contributed by atoms with E-state index in [0.29, 0.717) is 5.56 Å². The van der Waals surface area contributed by atoms with Crippen LogP contribution in [0.15, 0.2) is 103 Å². The summed E-state index contributed by atoms with van der Waals surface area (Å²) in [5, 5.41) is 16.9. The standard InChI is InChI=1S/C35H20N4/c1-20-10-11-21(19-36)12-27(20)26-14-29-28-13-22-6-2-4-8-24(22)16-31(28)39-34(29)33(18-26)38-32-17-25-9-5-3-7-23(25)15-30(32)37-35(38)39/h2-18H,1H3. The smallest absolute Gasteiger partial charge is 0.220 e. The predicted octanol–water partition coefficient (Wildman–Crippen LogP) is 8.64. The summed E-state index contributed by atoms with van der Waals surface area (Å²) in [5.74, 6) is 0.922. The lowest BCUT2D eigenvalue weighted by atomic mass is 9.96. The van der Waals surface area contributed by atoms with Gasteiger partial charge in [0.25, 0.3) is 0 Å². The monoisotopic (exact) mass is 496 g/mol. The number of aromatic nitrogens is 3. The van der Waals surface area contributed by atoms with Crippen LogP contribution in [-0.2, 0) is 0 Å². The van der Waals surface area contributed by atoms with E-state index in [4.69, 9.17) is 4.98 Å². The molecule has 0 aliphatic rings. The average molecular weight is 497 g/mol. The van der Waals surface area contributed by atoms with Crippen LogP contribution in [0.2, 0.25) is 0 Å². The SMILES string of the molecule is Cc1ccc(C#N)cc1-c1cc2c3cc4ccccc4cc3n3c2c(c1)n1c2cc4ccccc4cc2nc13. The second-order valence-corrected chi connectivity index (χ2v) is 10.5. The number of nitrogens with zero attached hydrogens (tertiary/aromatic N) is 4. The summed E-state index contributed by atoms with van der Waals surface area (Å²) in [5.41, 5.74) is 9.54. The summed E-state index contributed by atoms with van der Waals surface area (Å²) >= 11 is 0. The Morgan fingerprint density at radius 1 is 0.641 bits per heavy atom. The summed E-state index contributed by atoms with van der Waals surface area (Å²) in [4.78, 5) is 5.22. The minimum Gasteiger partial charge on any atom is -0.277 e.